The fourth-order valence-corrected chi connectivity index (χ4v) is 3.06. The molecule has 2 aromatic rings. The van der Waals surface area contributed by atoms with Crippen molar-refractivity contribution in [3.63, 3.8) is 0 Å². The Balaban J connectivity index is 2.07. The van der Waals surface area contributed by atoms with Crippen molar-refractivity contribution in [3.05, 3.63) is 35.4 Å². The van der Waals surface area contributed by atoms with Gasteiger partial charge in [0, 0.05) is 24.9 Å². The highest BCUT2D eigenvalue weighted by Crippen LogP contribution is 2.28. The fraction of sp³-hybridized carbons (Fsp3) is 0.444. The van der Waals surface area contributed by atoms with Gasteiger partial charge in [-0.2, -0.15) is 5.26 Å². The summed E-state index contributed by atoms with van der Waals surface area (Å²) in [5, 5.41) is 10.1. The molecule has 0 atom stereocenters. The molecular formula is C18H21N3. The third-order valence-corrected chi connectivity index (χ3v) is 4.26. The minimum absolute atomic E-state index is 0.557. The van der Waals surface area contributed by atoms with Crippen molar-refractivity contribution in [1.29, 1.82) is 5.26 Å². The largest absolute Gasteiger partial charge is 0.356 e. The molecular weight excluding hydrogens is 258 g/mol. The Bertz CT molecular complexity index is 679. The van der Waals surface area contributed by atoms with Gasteiger partial charge in [-0.05, 0) is 55.0 Å². The number of fused-ring (bicyclic) bond motifs is 1. The second kappa shape index (κ2) is 6.13. The Labute approximate surface area is 126 Å². The number of aryl methyl sites for hydroxylation is 2. The zero-order valence-corrected chi connectivity index (χ0v) is 12.6. The van der Waals surface area contributed by atoms with E-state index < -0.39 is 0 Å². The molecule has 21 heavy (non-hydrogen) atoms. The van der Waals surface area contributed by atoms with E-state index >= 15 is 0 Å². The molecule has 3 heteroatoms. The highest BCUT2D eigenvalue weighted by molar-refractivity contribution is 5.82. The lowest BCUT2D eigenvalue weighted by molar-refractivity contribution is 0.906. The second-order valence-corrected chi connectivity index (χ2v) is 5.70. The van der Waals surface area contributed by atoms with Crippen LogP contribution in [-0.4, -0.2) is 18.1 Å². The van der Waals surface area contributed by atoms with Gasteiger partial charge in [0.15, 0.2) is 0 Å². The van der Waals surface area contributed by atoms with E-state index in [-0.39, 0.29) is 0 Å². The number of benzene rings is 1. The first-order chi connectivity index (χ1) is 10.3. The van der Waals surface area contributed by atoms with Crippen LogP contribution in [0.3, 0.4) is 0 Å². The van der Waals surface area contributed by atoms with Crippen LogP contribution in [0, 0.1) is 11.3 Å². The number of nitriles is 1. The van der Waals surface area contributed by atoms with Crippen molar-refractivity contribution in [2.24, 2.45) is 0 Å². The Morgan fingerprint density at radius 2 is 2.05 bits per heavy atom. The summed E-state index contributed by atoms with van der Waals surface area (Å²) >= 11 is 0. The summed E-state index contributed by atoms with van der Waals surface area (Å²) in [7, 11) is 0. The molecule has 1 aliphatic rings. The Morgan fingerprint density at radius 1 is 1.24 bits per heavy atom. The maximum atomic E-state index is 8.90. The molecule has 0 aliphatic carbocycles. The predicted octanol–water partition coefficient (Wildman–Crippen LogP) is 3.85. The number of aromatic nitrogens is 1. The standard InChI is InChI=1S/C18H21N3/c1-2-14-7-8-17-16(12-14)13-15(6-5-9-19)18(20-17)21-10-3-4-11-21/h7-8,12-13H,2-6,10-11H2,1H3. The lowest BCUT2D eigenvalue weighted by atomic mass is 10.0. The zero-order chi connectivity index (χ0) is 14.7. The monoisotopic (exact) mass is 279 g/mol. The van der Waals surface area contributed by atoms with Gasteiger partial charge < -0.3 is 4.90 Å². The summed E-state index contributed by atoms with van der Waals surface area (Å²) in [5.74, 6) is 1.10. The molecule has 1 fully saturated rings. The first-order valence-electron chi connectivity index (χ1n) is 7.86. The number of anilines is 1. The SMILES string of the molecule is CCc1ccc2nc(N3CCCC3)c(CCC#N)cc2c1. The smallest absolute Gasteiger partial charge is 0.132 e. The van der Waals surface area contributed by atoms with Gasteiger partial charge in [-0.3, -0.25) is 0 Å². The van der Waals surface area contributed by atoms with E-state index in [0.717, 1.165) is 37.3 Å². The van der Waals surface area contributed by atoms with Gasteiger partial charge >= 0.3 is 0 Å². The van der Waals surface area contributed by atoms with E-state index in [1.165, 1.54) is 29.4 Å². The number of rotatable bonds is 4. The number of nitrogens with zero attached hydrogens (tertiary/aromatic N) is 3. The summed E-state index contributed by atoms with van der Waals surface area (Å²) in [6.07, 6.45) is 4.87. The Hall–Kier alpha value is -2.08. The molecule has 108 valence electrons. The Kier molecular flexibility index (Phi) is 4.06. The van der Waals surface area contributed by atoms with E-state index in [4.69, 9.17) is 10.2 Å². The minimum Gasteiger partial charge on any atom is -0.356 e. The minimum atomic E-state index is 0.557. The van der Waals surface area contributed by atoms with Crippen LogP contribution in [0.2, 0.25) is 0 Å². The van der Waals surface area contributed by atoms with Crippen LogP contribution in [-0.2, 0) is 12.8 Å². The first kappa shape index (κ1) is 13.9. The predicted molar refractivity (Wildman–Crippen MR) is 86.5 cm³/mol. The highest BCUT2D eigenvalue weighted by Gasteiger charge is 2.18. The van der Waals surface area contributed by atoms with E-state index in [1.54, 1.807) is 0 Å². The third-order valence-electron chi connectivity index (χ3n) is 4.26. The molecule has 1 aromatic heterocycles. The van der Waals surface area contributed by atoms with Crippen LogP contribution in [0.1, 0.15) is 37.3 Å². The maximum Gasteiger partial charge on any atom is 0.132 e. The topological polar surface area (TPSA) is 39.9 Å². The molecule has 3 nitrogen and oxygen atoms in total. The lowest BCUT2D eigenvalue weighted by Crippen LogP contribution is -2.20. The summed E-state index contributed by atoms with van der Waals surface area (Å²) in [6, 6.07) is 11.0. The van der Waals surface area contributed by atoms with E-state index in [9.17, 15) is 0 Å². The summed E-state index contributed by atoms with van der Waals surface area (Å²) < 4.78 is 0. The van der Waals surface area contributed by atoms with E-state index in [1.807, 2.05) is 0 Å². The maximum absolute atomic E-state index is 8.90. The van der Waals surface area contributed by atoms with Gasteiger partial charge in [0.2, 0.25) is 0 Å². The van der Waals surface area contributed by atoms with Gasteiger partial charge in [-0.1, -0.05) is 13.0 Å². The van der Waals surface area contributed by atoms with Crippen molar-refractivity contribution >= 4 is 16.7 Å². The van der Waals surface area contributed by atoms with E-state index in [2.05, 4.69) is 42.2 Å². The fourth-order valence-electron chi connectivity index (χ4n) is 3.06. The quantitative estimate of drug-likeness (QED) is 0.853. The molecule has 0 spiro atoms. The number of hydrogen-bond acceptors (Lipinski definition) is 3. The summed E-state index contributed by atoms with van der Waals surface area (Å²) in [5.41, 5.74) is 3.62. The number of pyridine rings is 1. The molecule has 0 N–H and O–H groups in total. The molecule has 3 rings (SSSR count). The van der Waals surface area contributed by atoms with E-state index in [0.29, 0.717) is 6.42 Å². The van der Waals surface area contributed by atoms with Crippen LogP contribution >= 0.6 is 0 Å². The summed E-state index contributed by atoms with van der Waals surface area (Å²) in [6.45, 7) is 4.35. The van der Waals surface area contributed by atoms with Gasteiger partial charge in [0.1, 0.15) is 5.82 Å². The van der Waals surface area contributed by atoms with Crippen LogP contribution in [0.15, 0.2) is 24.3 Å². The molecule has 0 saturated carbocycles. The van der Waals surface area contributed by atoms with Crippen molar-refractivity contribution in [2.75, 3.05) is 18.0 Å². The Morgan fingerprint density at radius 3 is 2.76 bits per heavy atom. The summed E-state index contributed by atoms with van der Waals surface area (Å²) in [4.78, 5) is 7.28. The van der Waals surface area contributed by atoms with Crippen molar-refractivity contribution in [2.45, 2.75) is 39.0 Å². The van der Waals surface area contributed by atoms with Gasteiger partial charge in [0.05, 0.1) is 11.6 Å². The van der Waals surface area contributed by atoms with Crippen LogP contribution < -0.4 is 4.90 Å². The second-order valence-electron chi connectivity index (χ2n) is 5.70. The van der Waals surface area contributed by atoms with Crippen LogP contribution in [0.5, 0.6) is 0 Å². The molecule has 0 unspecified atom stereocenters. The highest BCUT2D eigenvalue weighted by atomic mass is 15.2. The van der Waals surface area contributed by atoms with Gasteiger partial charge in [-0.15, -0.1) is 0 Å². The molecule has 1 saturated heterocycles. The third kappa shape index (κ3) is 2.85. The molecule has 1 aliphatic heterocycles. The van der Waals surface area contributed by atoms with Crippen molar-refractivity contribution in [1.82, 2.24) is 4.98 Å². The zero-order valence-electron chi connectivity index (χ0n) is 12.6. The normalized spacial score (nSPS) is 14.6. The van der Waals surface area contributed by atoms with Gasteiger partial charge in [0.25, 0.3) is 0 Å². The molecule has 0 bridgehead atoms. The van der Waals surface area contributed by atoms with Crippen molar-refractivity contribution in [3.8, 4) is 6.07 Å². The average Bonchev–Trinajstić information content (AvgIpc) is 3.05. The first-order valence-corrected chi connectivity index (χ1v) is 7.86. The van der Waals surface area contributed by atoms with Gasteiger partial charge in [-0.25, -0.2) is 4.98 Å². The average molecular weight is 279 g/mol. The molecule has 2 heterocycles. The van der Waals surface area contributed by atoms with Crippen molar-refractivity contribution < 1.29 is 0 Å². The molecule has 0 radical (unpaired) electrons. The number of hydrogen-bond donors (Lipinski definition) is 0. The lowest BCUT2D eigenvalue weighted by Gasteiger charge is -2.20. The molecule has 1 aromatic carbocycles. The van der Waals surface area contributed by atoms with Crippen LogP contribution in [0.4, 0.5) is 5.82 Å². The molecule has 0 amide bonds. The van der Waals surface area contributed by atoms with Crippen LogP contribution in [0.25, 0.3) is 10.9 Å².